The van der Waals surface area contributed by atoms with E-state index in [0.29, 0.717) is 25.7 Å². The van der Waals surface area contributed by atoms with Crippen LogP contribution in [-0.4, -0.2) is 96.7 Å². The van der Waals surface area contributed by atoms with Gasteiger partial charge >= 0.3 is 39.5 Å². The number of rotatable bonds is 95. The van der Waals surface area contributed by atoms with Gasteiger partial charge in [-0.15, -0.1) is 0 Å². The maximum Gasteiger partial charge on any atom is 0.472 e. The van der Waals surface area contributed by atoms with Gasteiger partial charge in [0.2, 0.25) is 0 Å². The molecule has 0 fully saturated rings. The van der Waals surface area contributed by atoms with E-state index in [0.717, 1.165) is 102 Å². The minimum absolute atomic E-state index is 0.109. The lowest BCUT2D eigenvalue weighted by Gasteiger charge is -2.21. The Balaban J connectivity index is 5.24. The molecule has 0 aromatic heterocycles. The smallest absolute Gasteiger partial charge is 0.462 e. The van der Waals surface area contributed by atoms with Crippen LogP contribution in [0, 0.1) is 11.8 Å². The van der Waals surface area contributed by atoms with Crippen LogP contribution < -0.4 is 0 Å². The van der Waals surface area contributed by atoms with Crippen LogP contribution in [0.4, 0.5) is 0 Å². The van der Waals surface area contributed by atoms with Crippen LogP contribution in [0.5, 0.6) is 0 Å². The predicted octanol–water partition coefficient (Wildman–Crippen LogP) is 30.1. The lowest BCUT2D eigenvalue weighted by Crippen LogP contribution is -2.30. The summed E-state index contributed by atoms with van der Waals surface area (Å²) in [5.74, 6) is -0.443. The van der Waals surface area contributed by atoms with Gasteiger partial charge in [0.1, 0.15) is 19.3 Å². The molecule has 19 heteroatoms. The molecular weight excluding hydrogens is 1490 g/mol. The number of carbonyl (C=O) groups is 4. The van der Waals surface area contributed by atoms with Crippen LogP contribution in [0.1, 0.15) is 523 Å². The van der Waals surface area contributed by atoms with Crippen molar-refractivity contribution in [1.29, 1.82) is 0 Å². The number of aliphatic hydroxyl groups excluding tert-OH is 1. The molecule has 7 atom stereocenters. The first kappa shape index (κ1) is 113. The number of phosphoric acid groups is 2. The Morgan fingerprint density at radius 2 is 0.417 bits per heavy atom. The zero-order valence-electron chi connectivity index (χ0n) is 76.1. The van der Waals surface area contributed by atoms with E-state index in [1.165, 1.54) is 340 Å². The second-order valence-electron chi connectivity index (χ2n) is 34.9. The van der Waals surface area contributed by atoms with Crippen molar-refractivity contribution >= 4 is 39.5 Å². The zero-order valence-corrected chi connectivity index (χ0v) is 77.9. The molecule has 0 saturated heterocycles. The molecule has 0 saturated carbocycles. The first-order valence-electron chi connectivity index (χ1n) is 49.6. The fourth-order valence-corrected chi connectivity index (χ4v) is 16.7. The molecule has 0 aromatic rings. The van der Waals surface area contributed by atoms with Gasteiger partial charge in [-0.2, -0.15) is 0 Å². The van der Waals surface area contributed by atoms with E-state index in [1.54, 1.807) is 0 Å². The summed E-state index contributed by atoms with van der Waals surface area (Å²) in [6, 6.07) is 0. The number of hydrogen-bond acceptors (Lipinski definition) is 15. The Labute approximate surface area is 708 Å². The number of carbonyl (C=O) groups excluding carboxylic acids is 4. The molecule has 0 aromatic carbocycles. The minimum Gasteiger partial charge on any atom is -0.462 e. The summed E-state index contributed by atoms with van der Waals surface area (Å²) in [5.41, 5.74) is 0. The Kier molecular flexibility index (Phi) is 85.5. The van der Waals surface area contributed by atoms with Gasteiger partial charge in [0, 0.05) is 25.7 Å². The van der Waals surface area contributed by atoms with E-state index < -0.39 is 97.5 Å². The molecule has 0 rings (SSSR count). The van der Waals surface area contributed by atoms with Crippen molar-refractivity contribution in [2.24, 2.45) is 11.8 Å². The van der Waals surface area contributed by atoms with Crippen molar-refractivity contribution < 1.29 is 80.2 Å². The lowest BCUT2D eigenvalue weighted by molar-refractivity contribution is -0.161. The van der Waals surface area contributed by atoms with Crippen LogP contribution in [0.25, 0.3) is 0 Å². The highest BCUT2D eigenvalue weighted by atomic mass is 31.2. The molecule has 0 radical (unpaired) electrons. The summed E-state index contributed by atoms with van der Waals surface area (Å²) >= 11 is 0. The maximum atomic E-state index is 13.2. The van der Waals surface area contributed by atoms with Gasteiger partial charge < -0.3 is 33.8 Å². The molecule has 684 valence electrons. The van der Waals surface area contributed by atoms with E-state index in [9.17, 15) is 43.2 Å². The summed E-state index contributed by atoms with van der Waals surface area (Å²) in [6.45, 7) is 9.80. The van der Waals surface area contributed by atoms with E-state index in [-0.39, 0.29) is 25.7 Å². The lowest BCUT2D eigenvalue weighted by atomic mass is 9.99. The Morgan fingerprint density at radius 1 is 0.243 bits per heavy atom. The molecule has 17 nitrogen and oxygen atoms in total. The molecule has 0 spiro atoms. The average molecular weight is 1680 g/mol. The van der Waals surface area contributed by atoms with Gasteiger partial charge in [0.05, 0.1) is 26.4 Å². The second-order valence-corrected chi connectivity index (χ2v) is 37.9. The quantitative estimate of drug-likeness (QED) is 0.0222. The highest BCUT2D eigenvalue weighted by Crippen LogP contribution is 2.45. The number of unbranched alkanes of at least 4 members (excludes halogenated alkanes) is 63. The molecule has 115 heavy (non-hydrogen) atoms. The third kappa shape index (κ3) is 86.8. The Bertz CT molecular complexity index is 2190. The van der Waals surface area contributed by atoms with Crippen molar-refractivity contribution in [2.75, 3.05) is 39.6 Å². The number of esters is 4. The van der Waals surface area contributed by atoms with Gasteiger partial charge in [0.15, 0.2) is 12.2 Å². The van der Waals surface area contributed by atoms with Crippen LogP contribution in [0.3, 0.4) is 0 Å². The van der Waals surface area contributed by atoms with E-state index in [2.05, 4.69) is 41.5 Å². The molecule has 0 aliphatic carbocycles. The molecular formula is C96H188O17P2. The highest BCUT2D eigenvalue weighted by Gasteiger charge is 2.31. The van der Waals surface area contributed by atoms with Crippen molar-refractivity contribution in [3.05, 3.63) is 0 Å². The van der Waals surface area contributed by atoms with Gasteiger partial charge in [0.25, 0.3) is 0 Å². The third-order valence-corrected chi connectivity index (χ3v) is 25.3. The van der Waals surface area contributed by atoms with Crippen LogP contribution in [0.15, 0.2) is 0 Å². The number of hydrogen-bond donors (Lipinski definition) is 3. The summed E-state index contributed by atoms with van der Waals surface area (Å²) in [5, 5.41) is 10.7. The molecule has 0 aliphatic rings. The van der Waals surface area contributed by atoms with E-state index in [4.69, 9.17) is 37.0 Å². The summed E-state index contributed by atoms with van der Waals surface area (Å²) in [6.07, 6.45) is 83.5. The highest BCUT2D eigenvalue weighted by molar-refractivity contribution is 7.47. The molecule has 0 heterocycles. The summed E-state index contributed by atoms with van der Waals surface area (Å²) < 4.78 is 69.2. The van der Waals surface area contributed by atoms with Gasteiger partial charge in [-0.3, -0.25) is 37.3 Å². The number of aliphatic hydroxyl groups is 1. The monoisotopic (exact) mass is 1680 g/mol. The predicted molar refractivity (Wildman–Crippen MR) is 478 cm³/mol. The third-order valence-electron chi connectivity index (χ3n) is 23.4. The summed E-state index contributed by atoms with van der Waals surface area (Å²) in [4.78, 5) is 73.6. The SMILES string of the molecule is CCCCCCCCCCCCCCCCCCCCCCCCC(=O)OC[C@H](COP(=O)(O)OC[C@@H](O)COP(=O)(O)OC[C@@H](COC(=O)CCCCCCCCCCC(C)CC)OC(=O)CCCCCCCCCCCCCCCCCCCCC)OC(=O)CCCCCCCCCCCCCCCCCCCCC(C)CC. The van der Waals surface area contributed by atoms with Crippen molar-refractivity contribution in [2.45, 2.75) is 541 Å². The topological polar surface area (TPSA) is 237 Å². The molecule has 0 aliphatic heterocycles. The standard InChI is InChI=1S/C96H188O17P2/c1-7-11-13-15-17-19-21-23-25-27-29-30-31-33-37-41-45-49-53-60-66-72-78-93(98)106-84-91(112-95(100)80-74-69-63-55-51-47-43-39-35-34-36-40-44-48-52-58-64-70-76-88(5)9-3)86-110-114(102,103)108-82-90(97)83-109-115(104,105)111-87-92(85-107-94(99)79-73-67-61-57-56-59-65-71-77-89(6)10-4)113-96(101)81-75-68-62-54-50-46-42-38-32-28-26-24-22-20-18-16-14-12-8-2/h88-92,97H,7-87H2,1-6H3,(H,102,103)(H,104,105)/t88?,89?,90-,91-,92-/m1/s1. The second kappa shape index (κ2) is 87.0. The first-order valence-corrected chi connectivity index (χ1v) is 52.6. The number of phosphoric ester groups is 2. The van der Waals surface area contributed by atoms with Crippen molar-refractivity contribution in [1.82, 2.24) is 0 Å². The van der Waals surface area contributed by atoms with E-state index in [1.807, 2.05) is 0 Å². The zero-order chi connectivity index (χ0) is 84.1. The normalized spacial score (nSPS) is 14.1. The molecule has 0 bridgehead atoms. The minimum atomic E-state index is -4.97. The first-order chi connectivity index (χ1) is 55.9. The fourth-order valence-electron chi connectivity index (χ4n) is 15.1. The van der Waals surface area contributed by atoms with Crippen molar-refractivity contribution in [3.63, 3.8) is 0 Å². The summed E-state index contributed by atoms with van der Waals surface area (Å²) in [7, 11) is -9.94. The number of ether oxygens (including phenoxy) is 4. The largest absolute Gasteiger partial charge is 0.472 e. The van der Waals surface area contributed by atoms with Crippen LogP contribution in [0.2, 0.25) is 0 Å². The maximum absolute atomic E-state index is 13.2. The molecule has 3 N–H and O–H groups in total. The van der Waals surface area contributed by atoms with Crippen molar-refractivity contribution in [3.8, 4) is 0 Å². The molecule has 0 amide bonds. The molecule has 4 unspecified atom stereocenters. The van der Waals surface area contributed by atoms with E-state index >= 15 is 0 Å². The fraction of sp³-hybridized carbons (Fsp3) is 0.958. The Hall–Kier alpha value is -1.94. The average Bonchev–Trinajstić information content (AvgIpc) is 0.894. The van der Waals surface area contributed by atoms with Gasteiger partial charge in [-0.05, 0) is 37.5 Å². The van der Waals surface area contributed by atoms with Gasteiger partial charge in [-0.25, -0.2) is 9.13 Å². The van der Waals surface area contributed by atoms with Gasteiger partial charge in [-0.1, -0.05) is 472 Å². The van der Waals surface area contributed by atoms with Crippen LogP contribution in [-0.2, 0) is 65.4 Å². The Morgan fingerprint density at radius 3 is 0.617 bits per heavy atom. The van der Waals surface area contributed by atoms with Crippen LogP contribution >= 0.6 is 15.6 Å².